The fraction of sp³-hybridized carbons (Fsp3) is 0.611. The van der Waals surface area contributed by atoms with Crippen molar-refractivity contribution in [1.82, 2.24) is 10.6 Å². The number of hydrogen-bond donors (Lipinski definition) is 3. The first kappa shape index (κ1) is 14.1. The summed E-state index contributed by atoms with van der Waals surface area (Å²) in [5.74, 6) is 3.20. The van der Waals surface area contributed by atoms with Crippen LogP contribution in [0.3, 0.4) is 0 Å². The Balaban J connectivity index is 1.28. The molecule has 3 fully saturated rings. The van der Waals surface area contributed by atoms with E-state index in [9.17, 15) is 9.90 Å². The average molecular weight is 300 g/mol. The minimum Gasteiger partial charge on any atom is -0.394 e. The van der Waals surface area contributed by atoms with Crippen molar-refractivity contribution in [2.75, 3.05) is 6.61 Å². The zero-order valence-electron chi connectivity index (χ0n) is 12.7. The number of urea groups is 1. The van der Waals surface area contributed by atoms with Crippen LogP contribution in [-0.4, -0.2) is 29.8 Å². The van der Waals surface area contributed by atoms with Gasteiger partial charge >= 0.3 is 6.03 Å². The Morgan fingerprint density at radius 2 is 1.86 bits per heavy atom. The molecule has 4 heteroatoms. The van der Waals surface area contributed by atoms with Crippen molar-refractivity contribution in [2.45, 2.75) is 37.8 Å². The average Bonchev–Trinajstić information content (AvgIpc) is 2.93. The summed E-state index contributed by atoms with van der Waals surface area (Å²) < 4.78 is 0. The Labute approximate surface area is 131 Å². The molecule has 3 aliphatic carbocycles. The number of nitrogens with one attached hydrogen (secondary N) is 2. The van der Waals surface area contributed by atoms with E-state index in [-0.39, 0.29) is 18.7 Å². The van der Waals surface area contributed by atoms with Gasteiger partial charge in [-0.25, -0.2) is 4.79 Å². The molecule has 0 aromatic heterocycles. The van der Waals surface area contributed by atoms with E-state index in [1.165, 1.54) is 19.3 Å². The fourth-order valence-electron chi connectivity index (χ4n) is 4.96. The Morgan fingerprint density at radius 3 is 2.50 bits per heavy atom. The van der Waals surface area contributed by atoms with Gasteiger partial charge < -0.3 is 15.7 Å². The quantitative estimate of drug-likeness (QED) is 0.778. The molecule has 1 aromatic rings. The van der Waals surface area contributed by atoms with E-state index in [4.69, 9.17) is 0 Å². The molecule has 3 N–H and O–H groups in total. The molecule has 1 aromatic carbocycles. The molecule has 1 unspecified atom stereocenters. The van der Waals surface area contributed by atoms with Crippen molar-refractivity contribution in [3.05, 3.63) is 35.9 Å². The molecule has 0 aliphatic heterocycles. The topological polar surface area (TPSA) is 61.4 Å². The summed E-state index contributed by atoms with van der Waals surface area (Å²) in [6, 6.07) is 10.0. The van der Waals surface area contributed by atoms with Crippen molar-refractivity contribution in [1.29, 1.82) is 0 Å². The molecule has 118 valence electrons. The van der Waals surface area contributed by atoms with Crippen LogP contribution in [0.4, 0.5) is 4.79 Å². The maximum Gasteiger partial charge on any atom is 0.315 e. The number of rotatable bonds is 5. The SMILES string of the molecule is O=C(NC1[C@@H]2[C@H]3CC[C@@H](C3)[C@H]12)N[C@H](CO)Cc1ccccc1. The highest BCUT2D eigenvalue weighted by atomic mass is 16.3. The Bertz CT molecular complexity index is 531. The summed E-state index contributed by atoms with van der Waals surface area (Å²) in [6.45, 7) is -0.0366. The van der Waals surface area contributed by atoms with Crippen molar-refractivity contribution in [3.8, 4) is 0 Å². The second kappa shape index (κ2) is 5.58. The monoisotopic (exact) mass is 300 g/mol. The molecule has 0 spiro atoms. The van der Waals surface area contributed by atoms with E-state index in [1.807, 2.05) is 30.3 Å². The van der Waals surface area contributed by atoms with Crippen LogP contribution in [0.1, 0.15) is 24.8 Å². The van der Waals surface area contributed by atoms with Crippen molar-refractivity contribution in [3.63, 3.8) is 0 Å². The van der Waals surface area contributed by atoms with Gasteiger partial charge in [0.25, 0.3) is 0 Å². The van der Waals surface area contributed by atoms with Crippen molar-refractivity contribution < 1.29 is 9.90 Å². The van der Waals surface area contributed by atoms with Gasteiger partial charge in [0.15, 0.2) is 0 Å². The zero-order chi connectivity index (χ0) is 15.1. The van der Waals surface area contributed by atoms with Gasteiger partial charge in [-0.1, -0.05) is 30.3 Å². The largest absolute Gasteiger partial charge is 0.394 e. The molecule has 0 radical (unpaired) electrons. The number of aliphatic hydroxyl groups excluding tert-OH is 1. The number of carbonyl (C=O) groups excluding carboxylic acids is 1. The van der Waals surface area contributed by atoms with Gasteiger partial charge in [-0.15, -0.1) is 0 Å². The van der Waals surface area contributed by atoms with E-state index in [0.29, 0.717) is 12.5 Å². The van der Waals surface area contributed by atoms with Crippen LogP contribution in [0, 0.1) is 23.7 Å². The van der Waals surface area contributed by atoms with Gasteiger partial charge in [0.2, 0.25) is 0 Å². The number of fused-ring (bicyclic) bond motifs is 5. The van der Waals surface area contributed by atoms with Gasteiger partial charge in [0, 0.05) is 6.04 Å². The first-order valence-corrected chi connectivity index (χ1v) is 8.48. The Morgan fingerprint density at radius 1 is 1.18 bits per heavy atom. The molecule has 0 saturated heterocycles. The van der Waals surface area contributed by atoms with E-state index in [2.05, 4.69) is 10.6 Å². The van der Waals surface area contributed by atoms with E-state index in [1.54, 1.807) is 0 Å². The predicted molar refractivity (Wildman–Crippen MR) is 84.3 cm³/mol. The van der Waals surface area contributed by atoms with Gasteiger partial charge in [0.05, 0.1) is 12.6 Å². The summed E-state index contributed by atoms with van der Waals surface area (Å²) in [5, 5.41) is 15.6. The van der Waals surface area contributed by atoms with Crippen molar-refractivity contribution >= 4 is 6.03 Å². The lowest BCUT2D eigenvalue weighted by Gasteiger charge is -2.18. The lowest BCUT2D eigenvalue weighted by Crippen LogP contribution is -2.46. The first-order valence-electron chi connectivity index (χ1n) is 8.48. The second-order valence-corrected chi connectivity index (χ2v) is 7.20. The smallest absolute Gasteiger partial charge is 0.315 e. The molecular weight excluding hydrogens is 276 g/mol. The standard InChI is InChI=1S/C18H24N2O2/c21-10-14(8-11-4-2-1-3-5-11)19-18(22)20-17-15-12-6-7-13(9-12)16(15)17/h1-5,12-17,21H,6-10H2,(H2,19,20,22)/t12-,13-,14-,15-,16+,17?/m0/s1. The number of carbonyl (C=O) groups is 1. The summed E-state index contributed by atoms with van der Waals surface area (Å²) in [6.07, 6.45) is 4.77. The maximum absolute atomic E-state index is 12.2. The number of benzene rings is 1. The van der Waals surface area contributed by atoms with Gasteiger partial charge in [-0.2, -0.15) is 0 Å². The third kappa shape index (κ3) is 2.50. The summed E-state index contributed by atoms with van der Waals surface area (Å²) in [4.78, 5) is 12.2. The molecule has 4 rings (SSSR count). The minimum atomic E-state index is -0.224. The Hall–Kier alpha value is -1.55. The van der Waals surface area contributed by atoms with Crippen LogP contribution in [0.25, 0.3) is 0 Å². The van der Waals surface area contributed by atoms with E-state index >= 15 is 0 Å². The second-order valence-electron chi connectivity index (χ2n) is 7.20. The predicted octanol–water partition coefficient (Wildman–Crippen LogP) is 1.93. The summed E-state index contributed by atoms with van der Waals surface area (Å²) in [7, 11) is 0. The van der Waals surface area contributed by atoms with Gasteiger partial charge in [-0.3, -0.25) is 0 Å². The molecule has 3 saturated carbocycles. The normalized spacial score (nSPS) is 35.8. The highest BCUT2D eigenvalue weighted by Crippen LogP contribution is 2.65. The molecule has 2 amide bonds. The molecule has 6 atom stereocenters. The number of hydrogen-bond acceptors (Lipinski definition) is 2. The molecule has 3 aliphatic rings. The molecule has 22 heavy (non-hydrogen) atoms. The highest BCUT2D eigenvalue weighted by Gasteiger charge is 2.65. The Kier molecular flexibility index (Phi) is 3.57. The van der Waals surface area contributed by atoms with Crippen molar-refractivity contribution in [2.24, 2.45) is 23.7 Å². The molecule has 2 bridgehead atoms. The van der Waals surface area contributed by atoms with Crippen LogP contribution >= 0.6 is 0 Å². The minimum absolute atomic E-state index is 0.0366. The van der Waals surface area contributed by atoms with Crippen LogP contribution < -0.4 is 10.6 Å². The summed E-state index contributed by atoms with van der Waals surface area (Å²) >= 11 is 0. The molecule has 0 heterocycles. The number of aliphatic hydroxyl groups is 1. The summed E-state index contributed by atoms with van der Waals surface area (Å²) in [5.41, 5.74) is 1.13. The third-order valence-corrected chi connectivity index (χ3v) is 5.91. The zero-order valence-corrected chi connectivity index (χ0v) is 12.7. The van der Waals surface area contributed by atoms with Gasteiger partial charge in [-0.05, 0) is 54.9 Å². The van der Waals surface area contributed by atoms with E-state index in [0.717, 1.165) is 29.2 Å². The lowest BCUT2D eigenvalue weighted by atomic mass is 10.0. The maximum atomic E-state index is 12.2. The highest BCUT2D eigenvalue weighted by molar-refractivity contribution is 5.75. The third-order valence-electron chi connectivity index (χ3n) is 5.91. The fourth-order valence-corrected chi connectivity index (χ4v) is 4.96. The van der Waals surface area contributed by atoms with Gasteiger partial charge in [0.1, 0.15) is 0 Å². The van der Waals surface area contributed by atoms with Crippen LogP contribution in [0.2, 0.25) is 0 Å². The van der Waals surface area contributed by atoms with E-state index < -0.39 is 0 Å². The lowest BCUT2D eigenvalue weighted by molar-refractivity contribution is 0.214. The van der Waals surface area contributed by atoms with Crippen LogP contribution in [-0.2, 0) is 6.42 Å². The molecule has 4 nitrogen and oxygen atoms in total. The number of amides is 2. The first-order chi connectivity index (χ1) is 10.8. The van der Waals surface area contributed by atoms with Crippen LogP contribution in [0.15, 0.2) is 30.3 Å². The molecular formula is C18H24N2O2. The van der Waals surface area contributed by atoms with Crippen LogP contribution in [0.5, 0.6) is 0 Å².